The first-order valence-electron chi connectivity index (χ1n) is 44.5. The van der Waals surface area contributed by atoms with Gasteiger partial charge in [0.2, 0.25) is 0 Å². The highest BCUT2D eigenvalue weighted by atomic mass is 15.2. The van der Waals surface area contributed by atoms with E-state index in [-0.39, 0.29) is 67.6 Å². The van der Waals surface area contributed by atoms with Gasteiger partial charge < -0.3 is 18.9 Å². The minimum atomic E-state index is -0.459. The lowest BCUT2D eigenvalue weighted by Crippen LogP contribution is -2.61. The number of anilines is 6. The third kappa shape index (κ3) is 13.3. The average Bonchev–Trinajstić information content (AvgIpc) is 0.965. The van der Waals surface area contributed by atoms with Crippen LogP contribution in [0.3, 0.4) is 0 Å². The standard InChI is InChI=1S/C112H111BN4/c1-106(2,3)78-50-54-94-90(66-78)91-67-79(107(4,5)6)51-55-95(91)115(94)96-46-34-44-86-87-45-35-47-97(105(87)114(104(86)96)85-42-32-25-33-43-85)116-98-61-74(75-56-80(108(7,8)9)64-81(57-75)109(10,11)12)49-53-92(98)113-93-52-48-73(70-36-26-22-27-37-70)60-99(93)117(101-63-77(62-100(116)102(101)113)76-58-82(110(13,14)15)65-83(59-76)111(16,17)18)103-88(71-38-28-23-29-39-71)68-84(112(19,20)21)69-89(103)72-40-30-24-31-41-72/h22-69H,1-21H3/i22D,26D,27D,36D,37D. The topological polar surface area (TPSA) is 16.3 Å². The summed E-state index contributed by atoms with van der Waals surface area (Å²) in [6, 6.07) is 97.3. The van der Waals surface area contributed by atoms with E-state index in [0.717, 1.165) is 145 Å². The van der Waals surface area contributed by atoms with Gasteiger partial charge in [-0.15, -0.1) is 0 Å². The zero-order valence-electron chi connectivity index (χ0n) is 77.2. The largest absolute Gasteiger partial charge is 0.310 e. The second-order valence-electron chi connectivity index (χ2n) is 40.4. The minimum absolute atomic E-state index is 0.0960. The molecule has 14 aromatic carbocycles. The van der Waals surface area contributed by atoms with Crippen molar-refractivity contribution in [2.75, 3.05) is 9.80 Å². The van der Waals surface area contributed by atoms with E-state index in [4.69, 9.17) is 1.37 Å². The summed E-state index contributed by atoms with van der Waals surface area (Å²) in [5, 5.41) is 4.67. The predicted octanol–water partition coefficient (Wildman–Crippen LogP) is 29.4. The maximum absolute atomic E-state index is 9.80. The van der Waals surface area contributed by atoms with Gasteiger partial charge in [-0.05, 0) is 223 Å². The Bertz CT molecular complexity index is 6750. The first kappa shape index (κ1) is 70.7. The number of benzene rings is 14. The Labute approximate surface area is 702 Å². The highest BCUT2D eigenvalue weighted by molar-refractivity contribution is 7.00. The summed E-state index contributed by atoms with van der Waals surface area (Å²) in [6.07, 6.45) is 0. The molecular weight excluding hydrogens is 1410 g/mol. The fourth-order valence-electron chi connectivity index (χ4n) is 18.2. The van der Waals surface area contributed by atoms with Crippen molar-refractivity contribution >= 4 is 101 Å². The number of para-hydroxylation sites is 3. The monoisotopic (exact) mass is 1530 g/mol. The van der Waals surface area contributed by atoms with E-state index in [1.54, 1.807) is 0 Å². The van der Waals surface area contributed by atoms with Gasteiger partial charge in [0.1, 0.15) is 0 Å². The molecule has 582 valence electrons. The maximum Gasteiger partial charge on any atom is 0.252 e. The van der Waals surface area contributed by atoms with E-state index >= 15 is 0 Å². The quantitative estimate of drug-likeness (QED) is 0.134. The molecule has 0 saturated heterocycles. The SMILES string of the molecule is [2H]c1c([2H])c([2H])c(-c2ccc3c(c2)N(c2c(-c4ccccc4)cc(C(C)(C)C)cc2-c2ccccc2)c2cc(-c4cc(C(C)(C)C)cc(C(C)(C)C)c4)cc4c2B3c2ccc(-c3cc(C(C)(C)C)cc(C(C)(C)C)c3)cc2N4c2cccc3c4cccc(-n5c6ccc(C(C)(C)C)cc6c6cc(C(C)(C)C)ccc65)c4n(-c4ccccc4)c23)c([2H])c1[2H]. The highest BCUT2D eigenvalue weighted by Crippen LogP contribution is 2.56. The minimum Gasteiger partial charge on any atom is -0.310 e. The van der Waals surface area contributed by atoms with Crippen LogP contribution in [0.15, 0.2) is 291 Å². The van der Waals surface area contributed by atoms with Crippen molar-refractivity contribution in [3.8, 4) is 67.0 Å². The van der Waals surface area contributed by atoms with Crippen LogP contribution in [0, 0.1) is 0 Å². The van der Waals surface area contributed by atoms with E-state index < -0.39 is 12.8 Å². The summed E-state index contributed by atoms with van der Waals surface area (Å²) in [6.45, 7) is 48.2. The molecule has 0 unspecified atom stereocenters. The Morgan fingerprint density at radius 2 is 0.624 bits per heavy atom. The molecule has 0 spiro atoms. The summed E-state index contributed by atoms with van der Waals surface area (Å²) < 4.78 is 52.2. The van der Waals surface area contributed by atoms with Crippen molar-refractivity contribution in [3.05, 3.63) is 330 Å². The van der Waals surface area contributed by atoms with Gasteiger partial charge in [0.15, 0.2) is 0 Å². The zero-order valence-corrected chi connectivity index (χ0v) is 72.2. The third-order valence-corrected chi connectivity index (χ3v) is 25.0. The Morgan fingerprint density at radius 1 is 0.248 bits per heavy atom. The number of hydrogen-bond donors (Lipinski definition) is 0. The van der Waals surface area contributed by atoms with Gasteiger partial charge in [-0.2, -0.15) is 0 Å². The summed E-state index contributed by atoms with van der Waals surface area (Å²) in [4.78, 5) is 5.18. The maximum atomic E-state index is 9.80. The predicted molar refractivity (Wildman–Crippen MR) is 507 cm³/mol. The smallest absolute Gasteiger partial charge is 0.252 e. The molecule has 16 aromatic rings. The second-order valence-corrected chi connectivity index (χ2v) is 40.4. The zero-order chi connectivity index (χ0) is 86.5. The second kappa shape index (κ2) is 27.5. The molecule has 0 bridgehead atoms. The number of hydrogen-bond acceptors (Lipinski definition) is 2. The molecule has 2 aromatic heterocycles. The van der Waals surface area contributed by atoms with Gasteiger partial charge in [0, 0.05) is 61.1 Å². The van der Waals surface area contributed by atoms with Crippen molar-refractivity contribution in [1.29, 1.82) is 0 Å². The van der Waals surface area contributed by atoms with E-state index in [2.05, 4.69) is 419 Å². The summed E-state index contributed by atoms with van der Waals surface area (Å²) in [7, 11) is 0. The highest BCUT2D eigenvalue weighted by Gasteiger charge is 2.46. The normalized spacial score (nSPS) is 14.1. The fraction of sp³-hybridized carbons (Fsp3) is 0.250. The summed E-state index contributed by atoms with van der Waals surface area (Å²) in [5.74, 6) is 0. The van der Waals surface area contributed by atoms with Crippen LogP contribution >= 0.6 is 0 Å². The van der Waals surface area contributed by atoms with E-state index in [1.807, 2.05) is 6.07 Å². The summed E-state index contributed by atoms with van der Waals surface area (Å²) in [5.41, 5.74) is 31.8. The van der Waals surface area contributed by atoms with E-state index in [9.17, 15) is 5.48 Å². The number of rotatable bonds is 9. The molecule has 0 amide bonds. The average molecular weight is 1530 g/mol. The van der Waals surface area contributed by atoms with Gasteiger partial charge in [-0.25, -0.2) is 0 Å². The van der Waals surface area contributed by atoms with Crippen molar-refractivity contribution in [1.82, 2.24) is 9.13 Å². The molecule has 2 aliphatic heterocycles. The molecule has 5 heteroatoms. The van der Waals surface area contributed by atoms with Gasteiger partial charge in [-0.3, -0.25) is 0 Å². The van der Waals surface area contributed by atoms with Gasteiger partial charge in [0.25, 0.3) is 6.71 Å². The van der Waals surface area contributed by atoms with Gasteiger partial charge >= 0.3 is 0 Å². The molecule has 0 aliphatic carbocycles. The number of fused-ring (bicyclic) bond motifs is 10. The third-order valence-electron chi connectivity index (χ3n) is 25.0. The molecule has 18 rings (SSSR count). The van der Waals surface area contributed by atoms with Crippen LogP contribution in [-0.4, -0.2) is 15.8 Å². The lowest BCUT2D eigenvalue weighted by Gasteiger charge is -2.46. The Kier molecular flexibility index (Phi) is 16.6. The Hall–Kier alpha value is -11.7. The molecule has 2 aliphatic rings. The molecule has 0 atom stereocenters. The molecular formula is C112H111BN4. The van der Waals surface area contributed by atoms with Crippen LogP contribution in [0.4, 0.5) is 34.1 Å². The molecule has 0 saturated carbocycles. The van der Waals surface area contributed by atoms with Crippen molar-refractivity contribution in [3.63, 3.8) is 0 Å². The molecule has 0 N–H and O–H groups in total. The lowest BCUT2D eigenvalue weighted by atomic mass is 9.33. The van der Waals surface area contributed by atoms with Crippen molar-refractivity contribution in [2.45, 2.75) is 183 Å². The molecule has 117 heavy (non-hydrogen) atoms. The van der Waals surface area contributed by atoms with Crippen LogP contribution in [0.2, 0.25) is 0 Å². The lowest BCUT2D eigenvalue weighted by molar-refractivity contribution is 0.568. The van der Waals surface area contributed by atoms with Gasteiger partial charge in [-0.1, -0.05) is 352 Å². The van der Waals surface area contributed by atoms with Crippen LogP contribution in [0.5, 0.6) is 0 Å². The van der Waals surface area contributed by atoms with E-state index in [1.165, 1.54) is 44.2 Å². The van der Waals surface area contributed by atoms with Crippen LogP contribution in [0.1, 0.15) is 191 Å². The van der Waals surface area contributed by atoms with Crippen LogP contribution < -0.4 is 26.2 Å². The summed E-state index contributed by atoms with van der Waals surface area (Å²) >= 11 is 0. The van der Waals surface area contributed by atoms with Crippen molar-refractivity contribution < 1.29 is 6.85 Å². The number of aromatic nitrogens is 2. The number of nitrogens with zero attached hydrogens (tertiary/aromatic N) is 4. The first-order valence-corrected chi connectivity index (χ1v) is 42.0. The van der Waals surface area contributed by atoms with Crippen molar-refractivity contribution in [2.24, 2.45) is 0 Å². The Balaban J connectivity index is 1.05. The van der Waals surface area contributed by atoms with E-state index in [0.29, 0.717) is 5.56 Å². The Morgan fingerprint density at radius 3 is 1.08 bits per heavy atom. The molecule has 0 radical (unpaired) electrons. The molecule has 4 nitrogen and oxygen atoms in total. The molecule has 0 fully saturated rings. The van der Waals surface area contributed by atoms with Crippen LogP contribution in [0.25, 0.3) is 111 Å². The first-order chi connectivity index (χ1) is 57.5. The molecule has 4 heterocycles. The fourth-order valence-corrected chi connectivity index (χ4v) is 18.2. The van der Waals surface area contributed by atoms with Crippen LogP contribution in [-0.2, 0) is 37.9 Å². The van der Waals surface area contributed by atoms with Gasteiger partial charge in [0.05, 0.1) is 46.0 Å².